The van der Waals surface area contributed by atoms with Crippen LogP contribution < -0.4 is 20.7 Å². The maximum atomic E-state index is 15.4. The van der Waals surface area contributed by atoms with Gasteiger partial charge >= 0.3 is 6.18 Å². The first-order valence-electron chi connectivity index (χ1n) is 15.1. The topological polar surface area (TPSA) is 110 Å². The first-order valence-corrected chi connectivity index (χ1v) is 15.1. The van der Waals surface area contributed by atoms with E-state index in [2.05, 4.69) is 34.9 Å². The van der Waals surface area contributed by atoms with Gasteiger partial charge in [0.2, 0.25) is 12.4 Å². The van der Waals surface area contributed by atoms with E-state index >= 15 is 8.78 Å². The highest BCUT2D eigenvalue weighted by atomic mass is 19.4. The second-order valence-corrected chi connectivity index (χ2v) is 10.7. The van der Waals surface area contributed by atoms with E-state index in [1.807, 2.05) is 25.1 Å². The number of anilines is 1. The average molecular weight is 652 g/mol. The number of alkyl halides is 5. The second kappa shape index (κ2) is 16.9. The van der Waals surface area contributed by atoms with Gasteiger partial charge in [0.25, 0.3) is 11.8 Å². The number of nitrogens with two attached hydrogens (primary N) is 1. The number of nitrogens with zero attached hydrogens (tertiary/aromatic N) is 3. The van der Waals surface area contributed by atoms with E-state index in [4.69, 9.17) is 9.53 Å². The molecule has 0 unspecified atom stereocenters. The summed E-state index contributed by atoms with van der Waals surface area (Å²) in [6.07, 6.45) is -2.24. The second-order valence-electron chi connectivity index (χ2n) is 10.7. The molecular weight excluding hydrogens is 609 g/mol. The third-order valence-electron chi connectivity index (χ3n) is 7.23. The molecule has 0 aliphatic carbocycles. The lowest BCUT2D eigenvalue weighted by Crippen LogP contribution is -2.59. The molecule has 46 heavy (non-hydrogen) atoms. The quantitative estimate of drug-likeness (QED) is 0.197. The highest BCUT2D eigenvalue weighted by Crippen LogP contribution is 2.44. The average Bonchev–Trinajstić information content (AvgIpc) is 3.03. The van der Waals surface area contributed by atoms with Gasteiger partial charge in [-0.1, -0.05) is 45.4 Å². The number of nitrogens with one attached hydrogen (secondary N) is 1. The molecule has 0 bridgehead atoms. The van der Waals surface area contributed by atoms with Gasteiger partial charge in [-0.3, -0.25) is 9.59 Å². The molecule has 1 saturated heterocycles. The van der Waals surface area contributed by atoms with Crippen LogP contribution in [0.15, 0.2) is 54.9 Å². The van der Waals surface area contributed by atoms with E-state index in [1.54, 1.807) is 36.1 Å². The molecule has 2 heterocycles. The number of aryl methyl sites for hydroxylation is 1. The lowest BCUT2D eigenvalue weighted by molar-refractivity contribution is -0.177. The van der Waals surface area contributed by atoms with Crippen molar-refractivity contribution < 1.29 is 36.3 Å². The molecule has 0 spiro atoms. The third kappa shape index (κ3) is 9.60. The van der Waals surface area contributed by atoms with Gasteiger partial charge in [-0.15, -0.1) is 0 Å². The Morgan fingerprint density at radius 1 is 0.978 bits per heavy atom. The Morgan fingerprint density at radius 2 is 1.50 bits per heavy atom. The SMILES string of the molecule is CCC.CCNC(=O)c1ccc(-c2ccc(OC3(C(F)(F)CC)CCN(c4ncc(C(F)(F)F)cn4)CC3)c(C)c2)cc1.NC=O. The van der Waals surface area contributed by atoms with E-state index in [9.17, 15) is 18.0 Å². The van der Waals surface area contributed by atoms with E-state index < -0.39 is 29.7 Å². The van der Waals surface area contributed by atoms with Crippen molar-refractivity contribution in [2.75, 3.05) is 24.5 Å². The van der Waals surface area contributed by atoms with Crippen LogP contribution in [0, 0.1) is 6.92 Å². The Morgan fingerprint density at radius 3 is 1.96 bits per heavy atom. The van der Waals surface area contributed by atoms with E-state index in [-0.39, 0.29) is 44.2 Å². The summed E-state index contributed by atoms with van der Waals surface area (Å²) in [5.74, 6) is -2.93. The van der Waals surface area contributed by atoms with E-state index in [0.29, 0.717) is 35.8 Å². The Labute approximate surface area is 266 Å². The predicted molar refractivity (Wildman–Crippen MR) is 168 cm³/mol. The number of ether oxygens (including phenoxy) is 1. The van der Waals surface area contributed by atoms with Gasteiger partial charge in [-0.25, -0.2) is 18.7 Å². The Kier molecular flexibility index (Phi) is 13.9. The maximum Gasteiger partial charge on any atom is 0.419 e. The summed E-state index contributed by atoms with van der Waals surface area (Å²) in [4.78, 5) is 29.8. The Balaban J connectivity index is 0.00000114. The van der Waals surface area contributed by atoms with Gasteiger partial charge in [0.05, 0.1) is 5.56 Å². The van der Waals surface area contributed by atoms with Crippen LogP contribution in [-0.2, 0) is 11.0 Å². The minimum Gasteiger partial charge on any atom is -0.481 e. The lowest BCUT2D eigenvalue weighted by Gasteiger charge is -2.46. The van der Waals surface area contributed by atoms with Crippen LogP contribution in [-0.4, -0.2) is 53.4 Å². The smallest absolute Gasteiger partial charge is 0.419 e. The number of carbonyl (C=O) groups excluding carboxylic acids is 2. The molecule has 4 rings (SSSR count). The summed E-state index contributed by atoms with van der Waals surface area (Å²) in [6, 6.07) is 12.4. The molecule has 3 N–H and O–H groups in total. The monoisotopic (exact) mass is 651 g/mol. The molecule has 0 radical (unpaired) electrons. The molecule has 1 aromatic heterocycles. The molecule has 0 saturated carbocycles. The van der Waals surface area contributed by atoms with Gasteiger partial charge in [0, 0.05) is 56.9 Å². The third-order valence-corrected chi connectivity index (χ3v) is 7.23. The van der Waals surface area contributed by atoms with Crippen LogP contribution in [0.1, 0.15) is 74.9 Å². The summed E-state index contributed by atoms with van der Waals surface area (Å²) in [6.45, 7) is 9.99. The number of rotatable bonds is 8. The van der Waals surface area contributed by atoms with Crippen molar-refractivity contribution in [3.8, 4) is 16.9 Å². The van der Waals surface area contributed by atoms with Crippen molar-refractivity contribution in [2.45, 2.75) is 78.0 Å². The van der Waals surface area contributed by atoms with Crippen molar-refractivity contribution in [1.29, 1.82) is 0 Å². The number of aromatic nitrogens is 2. The molecule has 1 aliphatic rings. The van der Waals surface area contributed by atoms with Crippen molar-refractivity contribution in [1.82, 2.24) is 15.3 Å². The number of halogens is 5. The van der Waals surface area contributed by atoms with Crippen LogP contribution in [0.2, 0.25) is 0 Å². The highest BCUT2D eigenvalue weighted by Gasteiger charge is 2.56. The van der Waals surface area contributed by atoms with Gasteiger partial charge in [-0.05, 0) is 54.8 Å². The van der Waals surface area contributed by atoms with Crippen LogP contribution in [0.5, 0.6) is 5.75 Å². The molecular formula is C33H42F5N5O3. The molecule has 8 nitrogen and oxygen atoms in total. The molecule has 13 heteroatoms. The molecule has 1 fully saturated rings. The van der Waals surface area contributed by atoms with Crippen LogP contribution in [0.25, 0.3) is 11.1 Å². The van der Waals surface area contributed by atoms with Crippen molar-refractivity contribution in [3.63, 3.8) is 0 Å². The number of hydrogen-bond acceptors (Lipinski definition) is 6. The van der Waals surface area contributed by atoms with Crippen LogP contribution in [0.4, 0.5) is 27.9 Å². The fourth-order valence-electron chi connectivity index (χ4n) is 4.79. The fraction of sp³-hybridized carbons (Fsp3) is 0.455. The number of amides is 2. The van der Waals surface area contributed by atoms with Crippen molar-refractivity contribution in [3.05, 3.63) is 71.5 Å². The molecule has 0 atom stereocenters. The standard InChI is InChI=1S/C29H31F5N4O2.C3H8.CH3NO/c1-4-28(30,31)27(12-14-38(15-13-27)26-36-17-23(18-37-26)29(32,33)34)40-24-11-10-22(16-19(24)3)20-6-8-21(9-7-20)25(39)35-5-2;1-3-2;2-1-3/h6-11,16-18H,4-5,12-15H2,1-3H3,(H,35,39);3H2,1-2H3;1H,(H2,2,3). The molecule has 1 aliphatic heterocycles. The number of primary amides is 1. The predicted octanol–water partition coefficient (Wildman–Crippen LogP) is 7.20. The summed E-state index contributed by atoms with van der Waals surface area (Å²) < 4.78 is 75.5. The minimum absolute atomic E-state index is 0.0557. The van der Waals surface area contributed by atoms with E-state index in [1.165, 1.54) is 13.3 Å². The normalized spacial score (nSPS) is 14.2. The van der Waals surface area contributed by atoms with Crippen LogP contribution >= 0.6 is 0 Å². The Hall–Kier alpha value is -4.29. The van der Waals surface area contributed by atoms with Gasteiger partial charge in [0.15, 0.2) is 5.60 Å². The Bertz CT molecular complexity index is 1390. The van der Waals surface area contributed by atoms with Crippen LogP contribution in [0.3, 0.4) is 0 Å². The summed E-state index contributed by atoms with van der Waals surface area (Å²) in [5, 5.41) is 2.75. The number of hydrogen-bond donors (Lipinski definition) is 2. The molecule has 3 aromatic rings. The summed E-state index contributed by atoms with van der Waals surface area (Å²) in [7, 11) is 0. The number of benzene rings is 2. The van der Waals surface area contributed by atoms with Gasteiger partial charge in [0.1, 0.15) is 5.75 Å². The molecule has 2 amide bonds. The van der Waals surface area contributed by atoms with Gasteiger partial charge < -0.3 is 20.7 Å². The summed E-state index contributed by atoms with van der Waals surface area (Å²) >= 11 is 0. The minimum atomic E-state index is -4.56. The number of carbonyl (C=O) groups is 2. The first-order chi connectivity index (χ1) is 21.7. The van der Waals surface area contributed by atoms with E-state index in [0.717, 1.165) is 11.1 Å². The zero-order valence-electron chi connectivity index (χ0n) is 26.8. The van der Waals surface area contributed by atoms with Crippen molar-refractivity contribution in [2.24, 2.45) is 5.73 Å². The maximum absolute atomic E-state index is 15.4. The number of piperidine rings is 1. The largest absolute Gasteiger partial charge is 0.481 e. The lowest BCUT2D eigenvalue weighted by atomic mass is 9.83. The fourth-order valence-corrected chi connectivity index (χ4v) is 4.79. The van der Waals surface area contributed by atoms with Gasteiger partial charge in [-0.2, -0.15) is 13.2 Å². The zero-order valence-corrected chi connectivity index (χ0v) is 26.8. The molecule has 252 valence electrons. The summed E-state index contributed by atoms with van der Waals surface area (Å²) in [5.41, 5.74) is 4.31. The highest BCUT2D eigenvalue weighted by molar-refractivity contribution is 5.94. The zero-order chi connectivity index (χ0) is 34.5. The molecule has 2 aromatic carbocycles. The van der Waals surface area contributed by atoms with Crippen molar-refractivity contribution >= 4 is 18.3 Å². The first kappa shape index (κ1) is 37.9.